The Labute approximate surface area is 166 Å². The molecule has 1 heterocycles. The average Bonchev–Trinajstić information content (AvgIpc) is 2.75. The van der Waals surface area contributed by atoms with Gasteiger partial charge < -0.3 is 19.5 Å². The van der Waals surface area contributed by atoms with Crippen LogP contribution in [-0.4, -0.2) is 55.6 Å². The number of nitrogens with zero attached hydrogens (tertiary/aromatic N) is 3. The SMILES string of the molecule is COc1cccc(C=NNC(=O)c2ccc(N3CCOCC3)c([N+](=O)[O-])c2)c1O. The summed E-state index contributed by atoms with van der Waals surface area (Å²) in [5, 5.41) is 25.3. The van der Waals surface area contributed by atoms with Crippen LogP contribution < -0.4 is 15.1 Å². The molecule has 0 spiro atoms. The number of phenols is 1. The van der Waals surface area contributed by atoms with Crippen molar-refractivity contribution in [1.82, 2.24) is 5.43 Å². The van der Waals surface area contributed by atoms with Gasteiger partial charge in [0.2, 0.25) is 0 Å². The summed E-state index contributed by atoms with van der Waals surface area (Å²) in [5.74, 6) is -0.451. The number of hydrogen-bond donors (Lipinski definition) is 2. The van der Waals surface area contributed by atoms with Crippen molar-refractivity contribution < 1.29 is 24.3 Å². The number of anilines is 1. The van der Waals surface area contributed by atoms with Crippen molar-refractivity contribution >= 4 is 23.5 Å². The fraction of sp³-hybridized carbons (Fsp3) is 0.263. The maximum Gasteiger partial charge on any atom is 0.293 e. The van der Waals surface area contributed by atoms with E-state index in [2.05, 4.69) is 10.5 Å². The van der Waals surface area contributed by atoms with E-state index in [1.54, 1.807) is 24.3 Å². The normalized spacial score (nSPS) is 14.0. The van der Waals surface area contributed by atoms with Crippen molar-refractivity contribution in [2.24, 2.45) is 5.10 Å². The number of phenolic OH excluding ortho intramolecular Hbond substituents is 1. The first-order chi connectivity index (χ1) is 14.0. The Morgan fingerprint density at radius 3 is 2.79 bits per heavy atom. The summed E-state index contributed by atoms with van der Waals surface area (Å²) in [4.78, 5) is 25.2. The fourth-order valence-electron chi connectivity index (χ4n) is 2.92. The van der Waals surface area contributed by atoms with Gasteiger partial charge in [-0.1, -0.05) is 6.07 Å². The minimum absolute atomic E-state index is 0.0979. The number of rotatable bonds is 6. The summed E-state index contributed by atoms with van der Waals surface area (Å²) >= 11 is 0. The second-order valence-electron chi connectivity index (χ2n) is 6.16. The Balaban J connectivity index is 1.75. The van der Waals surface area contributed by atoms with Gasteiger partial charge in [-0.2, -0.15) is 5.10 Å². The van der Waals surface area contributed by atoms with E-state index in [0.29, 0.717) is 37.6 Å². The molecule has 1 fully saturated rings. The average molecular weight is 400 g/mol. The Bertz CT molecular complexity index is 940. The third-order valence-corrected chi connectivity index (χ3v) is 4.41. The first-order valence-corrected chi connectivity index (χ1v) is 8.81. The summed E-state index contributed by atoms with van der Waals surface area (Å²) in [5.41, 5.74) is 3.03. The van der Waals surface area contributed by atoms with Crippen molar-refractivity contribution in [3.8, 4) is 11.5 Å². The van der Waals surface area contributed by atoms with Crippen molar-refractivity contribution in [3.63, 3.8) is 0 Å². The summed E-state index contributed by atoms with van der Waals surface area (Å²) in [6, 6.07) is 9.12. The zero-order chi connectivity index (χ0) is 20.8. The topological polar surface area (TPSA) is 127 Å². The molecular weight excluding hydrogens is 380 g/mol. The Hall–Kier alpha value is -3.66. The van der Waals surface area contributed by atoms with Gasteiger partial charge >= 0.3 is 0 Å². The number of carbonyl (C=O) groups excluding carboxylic acids is 1. The number of carbonyl (C=O) groups is 1. The van der Waals surface area contributed by atoms with E-state index >= 15 is 0 Å². The lowest BCUT2D eigenvalue weighted by molar-refractivity contribution is -0.384. The largest absolute Gasteiger partial charge is 0.504 e. The Kier molecular flexibility index (Phi) is 6.25. The third kappa shape index (κ3) is 4.61. The second-order valence-corrected chi connectivity index (χ2v) is 6.16. The molecule has 1 aliphatic rings. The zero-order valence-corrected chi connectivity index (χ0v) is 15.7. The summed E-state index contributed by atoms with van der Waals surface area (Å²) in [6.45, 7) is 2.07. The molecule has 152 valence electrons. The Morgan fingerprint density at radius 1 is 1.34 bits per heavy atom. The maximum atomic E-state index is 12.3. The van der Waals surface area contributed by atoms with Crippen molar-refractivity contribution in [1.29, 1.82) is 0 Å². The van der Waals surface area contributed by atoms with Crippen LogP contribution in [0.2, 0.25) is 0 Å². The van der Waals surface area contributed by atoms with Crippen LogP contribution in [0.4, 0.5) is 11.4 Å². The van der Waals surface area contributed by atoms with E-state index in [1.165, 1.54) is 25.5 Å². The van der Waals surface area contributed by atoms with Crippen LogP contribution in [0.3, 0.4) is 0 Å². The molecule has 0 bridgehead atoms. The van der Waals surface area contributed by atoms with Gasteiger partial charge in [0.25, 0.3) is 11.6 Å². The number of methoxy groups -OCH3 is 1. The van der Waals surface area contributed by atoms with Gasteiger partial charge in [-0.25, -0.2) is 5.43 Å². The summed E-state index contributed by atoms with van der Waals surface area (Å²) in [7, 11) is 1.42. The monoisotopic (exact) mass is 400 g/mol. The number of aromatic hydroxyl groups is 1. The molecule has 2 aromatic rings. The smallest absolute Gasteiger partial charge is 0.293 e. The highest BCUT2D eigenvalue weighted by molar-refractivity contribution is 5.96. The maximum absolute atomic E-state index is 12.3. The van der Waals surface area contributed by atoms with Gasteiger partial charge in [-0.05, 0) is 24.3 Å². The number of hydrazone groups is 1. The molecule has 2 aromatic carbocycles. The van der Waals surface area contributed by atoms with E-state index in [4.69, 9.17) is 9.47 Å². The van der Waals surface area contributed by atoms with Crippen LogP contribution in [-0.2, 0) is 4.74 Å². The molecule has 10 heteroatoms. The van der Waals surface area contributed by atoms with Crippen LogP contribution in [0, 0.1) is 10.1 Å². The number of para-hydroxylation sites is 1. The molecule has 29 heavy (non-hydrogen) atoms. The van der Waals surface area contributed by atoms with E-state index < -0.39 is 10.8 Å². The highest BCUT2D eigenvalue weighted by Crippen LogP contribution is 2.30. The fourth-order valence-corrected chi connectivity index (χ4v) is 2.92. The van der Waals surface area contributed by atoms with Crippen molar-refractivity contribution in [2.45, 2.75) is 0 Å². The molecule has 2 N–H and O–H groups in total. The van der Waals surface area contributed by atoms with Crippen molar-refractivity contribution in [3.05, 3.63) is 57.6 Å². The highest BCUT2D eigenvalue weighted by Gasteiger charge is 2.23. The van der Waals surface area contributed by atoms with Gasteiger partial charge in [0.1, 0.15) is 5.69 Å². The van der Waals surface area contributed by atoms with E-state index in [0.717, 1.165) is 0 Å². The lowest BCUT2D eigenvalue weighted by atomic mass is 10.1. The lowest BCUT2D eigenvalue weighted by Crippen LogP contribution is -2.36. The predicted molar refractivity (Wildman–Crippen MR) is 106 cm³/mol. The molecule has 0 aliphatic carbocycles. The second kappa shape index (κ2) is 9.02. The third-order valence-electron chi connectivity index (χ3n) is 4.41. The molecule has 0 atom stereocenters. The van der Waals surface area contributed by atoms with Gasteiger partial charge in [0, 0.05) is 30.3 Å². The van der Waals surface area contributed by atoms with Crippen LogP contribution in [0.5, 0.6) is 11.5 Å². The minimum atomic E-state index is -0.611. The molecule has 3 rings (SSSR count). The van der Waals surface area contributed by atoms with Gasteiger partial charge in [-0.3, -0.25) is 14.9 Å². The molecule has 0 radical (unpaired) electrons. The molecule has 0 unspecified atom stereocenters. The molecule has 1 amide bonds. The number of benzene rings is 2. The van der Waals surface area contributed by atoms with E-state index in [1.807, 2.05) is 4.90 Å². The van der Waals surface area contributed by atoms with Crippen LogP contribution in [0.15, 0.2) is 41.5 Å². The number of morpholine rings is 1. The van der Waals surface area contributed by atoms with E-state index in [-0.39, 0.29) is 22.7 Å². The first-order valence-electron chi connectivity index (χ1n) is 8.81. The minimum Gasteiger partial charge on any atom is -0.504 e. The number of ether oxygens (including phenoxy) is 2. The molecule has 0 saturated carbocycles. The van der Waals surface area contributed by atoms with E-state index in [9.17, 15) is 20.0 Å². The number of amides is 1. The number of nitro benzene ring substituents is 1. The molecule has 10 nitrogen and oxygen atoms in total. The number of nitrogens with one attached hydrogen (secondary N) is 1. The summed E-state index contributed by atoms with van der Waals surface area (Å²) < 4.78 is 10.3. The standard InChI is InChI=1S/C19H20N4O6/c1-28-17-4-2-3-14(18(17)24)12-20-21-19(25)13-5-6-15(16(11-13)23(26)27)22-7-9-29-10-8-22/h2-6,11-12,24H,7-10H2,1H3,(H,21,25). The van der Waals surface area contributed by atoms with Crippen LogP contribution in [0.25, 0.3) is 0 Å². The quantitative estimate of drug-likeness (QED) is 0.431. The van der Waals surface area contributed by atoms with Crippen LogP contribution >= 0.6 is 0 Å². The van der Waals surface area contributed by atoms with Crippen molar-refractivity contribution in [2.75, 3.05) is 38.3 Å². The zero-order valence-electron chi connectivity index (χ0n) is 15.7. The molecule has 1 saturated heterocycles. The highest BCUT2D eigenvalue weighted by atomic mass is 16.6. The number of hydrogen-bond acceptors (Lipinski definition) is 8. The Morgan fingerprint density at radius 2 is 2.10 bits per heavy atom. The number of nitro groups is 1. The van der Waals surface area contributed by atoms with Gasteiger partial charge in [0.15, 0.2) is 11.5 Å². The molecule has 0 aromatic heterocycles. The lowest BCUT2D eigenvalue weighted by Gasteiger charge is -2.28. The predicted octanol–water partition coefficient (Wildman–Crippen LogP) is 1.91. The molecular formula is C19H20N4O6. The van der Waals surface area contributed by atoms with Gasteiger partial charge in [0.05, 0.1) is 31.5 Å². The first kappa shape index (κ1) is 20.1. The van der Waals surface area contributed by atoms with Crippen LogP contribution in [0.1, 0.15) is 15.9 Å². The van der Waals surface area contributed by atoms with Gasteiger partial charge in [-0.15, -0.1) is 0 Å². The summed E-state index contributed by atoms with van der Waals surface area (Å²) in [6.07, 6.45) is 1.26. The molecule has 1 aliphatic heterocycles.